The Morgan fingerprint density at radius 3 is 3.04 bits per heavy atom. The van der Waals surface area contributed by atoms with Gasteiger partial charge in [0.05, 0.1) is 5.69 Å². The number of nitrogens with zero attached hydrogens (tertiary/aromatic N) is 7. The maximum Gasteiger partial charge on any atom is 0.227 e. The van der Waals surface area contributed by atoms with Crippen LogP contribution in [0.15, 0.2) is 30.7 Å². The smallest absolute Gasteiger partial charge is 0.227 e. The van der Waals surface area contributed by atoms with Gasteiger partial charge in [0.25, 0.3) is 0 Å². The van der Waals surface area contributed by atoms with Gasteiger partial charge in [-0.25, -0.2) is 9.67 Å². The van der Waals surface area contributed by atoms with E-state index in [4.69, 9.17) is 11.0 Å². The van der Waals surface area contributed by atoms with Crippen molar-refractivity contribution in [3.05, 3.63) is 42.0 Å². The van der Waals surface area contributed by atoms with Crippen LogP contribution in [0.25, 0.3) is 5.82 Å². The molecule has 0 amide bonds. The van der Waals surface area contributed by atoms with Crippen LogP contribution >= 0.6 is 0 Å². The van der Waals surface area contributed by atoms with Crippen molar-refractivity contribution >= 4 is 11.8 Å². The van der Waals surface area contributed by atoms with Gasteiger partial charge in [-0.05, 0) is 18.9 Å². The van der Waals surface area contributed by atoms with Gasteiger partial charge in [0.15, 0.2) is 11.6 Å². The third-order valence-electron chi connectivity index (χ3n) is 3.61. The zero-order valence-corrected chi connectivity index (χ0v) is 13.2. The second kappa shape index (κ2) is 6.78. The molecule has 0 saturated carbocycles. The second-order valence-electron chi connectivity index (χ2n) is 5.26. The maximum absolute atomic E-state index is 9.07. The van der Waals surface area contributed by atoms with E-state index < -0.39 is 0 Å². The third-order valence-corrected chi connectivity index (χ3v) is 3.61. The number of aromatic nitrogens is 6. The van der Waals surface area contributed by atoms with Crippen LogP contribution in [0.2, 0.25) is 0 Å². The van der Waals surface area contributed by atoms with Crippen LogP contribution in [0.4, 0.5) is 11.8 Å². The molecule has 0 saturated heterocycles. The van der Waals surface area contributed by atoms with Crippen LogP contribution in [0.1, 0.15) is 17.7 Å². The fourth-order valence-electron chi connectivity index (χ4n) is 2.35. The van der Waals surface area contributed by atoms with Gasteiger partial charge in [-0.1, -0.05) is 0 Å². The summed E-state index contributed by atoms with van der Waals surface area (Å²) in [6, 6.07) is 5.71. The Hall–Kier alpha value is -3.41. The van der Waals surface area contributed by atoms with Crippen molar-refractivity contribution in [3.8, 4) is 11.9 Å². The minimum absolute atomic E-state index is 0.246. The predicted molar refractivity (Wildman–Crippen MR) is 88.5 cm³/mol. The lowest BCUT2D eigenvalue weighted by Crippen LogP contribution is -2.22. The first kappa shape index (κ1) is 15.5. The van der Waals surface area contributed by atoms with Gasteiger partial charge in [-0.2, -0.15) is 20.4 Å². The molecule has 3 aromatic rings. The molecule has 9 nitrogen and oxygen atoms in total. The number of hydrogen-bond donors (Lipinski definition) is 2. The molecule has 3 heterocycles. The van der Waals surface area contributed by atoms with Gasteiger partial charge in [0.2, 0.25) is 5.95 Å². The summed E-state index contributed by atoms with van der Waals surface area (Å²) < 4.78 is 1.69. The van der Waals surface area contributed by atoms with Crippen molar-refractivity contribution in [2.24, 2.45) is 0 Å². The molecule has 0 radical (unpaired) electrons. The lowest BCUT2D eigenvalue weighted by atomic mass is 10.1. The van der Waals surface area contributed by atoms with Gasteiger partial charge < -0.3 is 10.6 Å². The summed E-state index contributed by atoms with van der Waals surface area (Å²) in [4.78, 5) is 10.8. The molecule has 0 aliphatic rings. The van der Waals surface area contributed by atoms with E-state index in [1.54, 1.807) is 23.1 Å². The highest BCUT2D eigenvalue weighted by Gasteiger charge is 2.11. The second-order valence-corrected chi connectivity index (χ2v) is 5.26. The largest absolute Gasteiger partial charge is 0.381 e. The Morgan fingerprint density at radius 2 is 2.29 bits per heavy atom. The number of H-pyrrole nitrogens is 1. The SMILES string of the molecule is CN(CCCc1[nH]nc(N)c1C#N)c1nccc(-n2cccn2)n1. The molecule has 0 atom stereocenters. The van der Waals surface area contributed by atoms with E-state index in [1.807, 2.05) is 24.2 Å². The van der Waals surface area contributed by atoms with Crippen LogP contribution in [-0.4, -0.2) is 43.5 Å². The summed E-state index contributed by atoms with van der Waals surface area (Å²) in [5.74, 6) is 1.58. The van der Waals surface area contributed by atoms with Gasteiger partial charge in [-0.3, -0.25) is 5.10 Å². The molecule has 0 aromatic carbocycles. The molecule has 3 rings (SSSR count). The molecule has 0 spiro atoms. The zero-order chi connectivity index (χ0) is 16.9. The lowest BCUT2D eigenvalue weighted by molar-refractivity contribution is 0.744. The molecule has 0 bridgehead atoms. The van der Waals surface area contributed by atoms with E-state index in [-0.39, 0.29) is 5.82 Å². The zero-order valence-electron chi connectivity index (χ0n) is 13.2. The minimum atomic E-state index is 0.246. The topological polar surface area (TPSA) is 125 Å². The maximum atomic E-state index is 9.07. The monoisotopic (exact) mass is 323 g/mol. The highest BCUT2D eigenvalue weighted by atomic mass is 15.3. The van der Waals surface area contributed by atoms with Crippen LogP contribution in [-0.2, 0) is 6.42 Å². The number of rotatable bonds is 6. The lowest BCUT2D eigenvalue weighted by Gasteiger charge is -2.17. The highest BCUT2D eigenvalue weighted by molar-refractivity contribution is 5.50. The van der Waals surface area contributed by atoms with E-state index in [0.717, 1.165) is 18.7 Å². The Balaban J connectivity index is 1.62. The van der Waals surface area contributed by atoms with Crippen molar-refractivity contribution in [3.63, 3.8) is 0 Å². The standard InChI is InChI=1S/C15H17N9/c1-23(8-2-4-12-11(10-16)14(17)22-21-12)15-18-7-5-13(20-15)24-9-3-6-19-24/h3,5-7,9H,2,4,8H2,1H3,(H3,17,21,22). The summed E-state index contributed by atoms with van der Waals surface area (Å²) in [6.07, 6.45) is 6.73. The Bertz CT molecular complexity index is 844. The normalized spacial score (nSPS) is 10.5. The van der Waals surface area contributed by atoms with Gasteiger partial charge in [0.1, 0.15) is 11.6 Å². The molecule has 122 valence electrons. The molecular formula is C15H17N9. The molecule has 0 fully saturated rings. The fourth-order valence-corrected chi connectivity index (χ4v) is 2.35. The van der Waals surface area contributed by atoms with E-state index in [1.165, 1.54) is 0 Å². The quantitative estimate of drug-likeness (QED) is 0.690. The minimum Gasteiger partial charge on any atom is -0.381 e. The van der Waals surface area contributed by atoms with E-state index in [2.05, 4.69) is 31.3 Å². The van der Waals surface area contributed by atoms with Crippen molar-refractivity contribution in [2.45, 2.75) is 12.8 Å². The summed E-state index contributed by atoms with van der Waals surface area (Å²) >= 11 is 0. The molecule has 0 aliphatic carbocycles. The average molecular weight is 323 g/mol. The number of nitrogens with two attached hydrogens (primary N) is 1. The number of hydrogen-bond acceptors (Lipinski definition) is 7. The third kappa shape index (κ3) is 3.17. The molecule has 24 heavy (non-hydrogen) atoms. The Labute approximate surface area is 138 Å². The average Bonchev–Trinajstić information content (AvgIpc) is 3.25. The van der Waals surface area contributed by atoms with Crippen molar-refractivity contribution in [1.29, 1.82) is 5.26 Å². The molecule has 3 N–H and O–H groups in total. The number of nitrogens with one attached hydrogen (secondary N) is 1. The number of nitriles is 1. The first-order chi connectivity index (χ1) is 11.7. The number of aromatic amines is 1. The van der Waals surface area contributed by atoms with Gasteiger partial charge in [-0.15, -0.1) is 0 Å². The molecule has 0 unspecified atom stereocenters. The summed E-state index contributed by atoms with van der Waals surface area (Å²) in [5.41, 5.74) is 6.82. The summed E-state index contributed by atoms with van der Waals surface area (Å²) in [6.45, 7) is 0.729. The summed E-state index contributed by atoms with van der Waals surface area (Å²) in [7, 11) is 1.93. The van der Waals surface area contributed by atoms with Crippen molar-refractivity contribution in [1.82, 2.24) is 29.9 Å². The molecule has 0 aliphatic heterocycles. The number of aryl methyl sites for hydroxylation is 1. The van der Waals surface area contributed by atoms with Crippen LogP contribution < -0.4 is 10.6 Å². The first-order valence-corrected chi connectivity index (χ1v) is 7.46. The highest BCUT2D eigenvalue weighted by Crippen LogP contribution is 2.14. The van der Waals surface area contributed by atoms with Crippen LogP contribution in [0.5, 0.6) is 0 Å². The van der Waals surface area contributed by atoms with E-state index in [9.17, 15) is 0 Å². The summed E-state index contributed by atoms with van der Waals surface area (Å²) in [5, 5.41) is 19.9. The Kier molecular flexibility index (Phi) is 4.38. The fraction of sp³-hybridized carbons (Fsp3) is 0.267. The van der Waals surface area contributed by atoms with Gasteiger partial charge >= 0.3 is 0 Å². The number of anilines is 2. The first-order valence-electron chi connectivity index (χ1n) is 7.46. The van der Waals surface area contributed by atoms with Crippen molar-refractivity contribution in [2.75, 3.05) is 24.2 Å². The molecule has 9 heteroatoms. The van der Waals surface area contributed by atoms with Crippen LogP contribution in [0.3, 0.4) is 0 Å². The van der Waals surface area contributed by atoms with E-state index >= 15 is 0 Å². The van der Waals surface area contributed by atoms with E-state index in [0.29, 0.717) is 23.8 Å². The Morgan fingerprint density at radius 1 is 1.42 bits per heavy atom. The van der Waals surface area contributed by atoms with Crippen molar-refractivity contribution < 1.29 is 0 Å². The number of nitrogen functional groups attached to an aromatic ring is 1. The van der Waals surface area contributed by atoms with Gasteiger partial charge in [0, 0.05) is 38.2 Å². The predicted octanol–water partition coefficient (Wildman–Crippen LogP) is 0.908. The molecular weight excluding hydrogens is 306 g/mol. The molecule has 3 aromatic heterocycles. The van der Waals surface area contributed by atoms with Crippen LogP contribution in [0, 0.1) is 11.3 Å².